The number of benzene rings is 1. The van der Waals surface area contributed by atoms with Crippen LogP contribution in [0.5, 0.6) is 5.88 Å². The summed E-state index contributed by atoms with van der Waals surface area (Å²) in [5, 5.41) is 3.39. The monoisotopic (exact) mass is 257 g/mol. The van der Waals surface area contributed by atoms with Gasteiger partial charge in [-0.05, 0) is 26.3 Å². The van der Waals surface area contributed by atoms with E-state index in [0.717, 1.165) is 11.4 Å². The first-order valence-corrected chi connectivity index (χ1v) is 6.30. The number of nitrogens with zero attached hydrogens (tertiary/aromatic N) is 2. The van der Waals surface area contributed by atoms with Gasteiger partial charge in [0, 0.05) is 6.04 Å². The number of hydrogen-bond acceptors (Lipinski definition) is 4. The molecule has 100 valence electrons. The first-order valence-electron chi connectivity index (χ1n) is 6.30. The van der Waals surface area contributed by atoms with Crippen LogP contribution in [0.3, 0.4) is 0 Å². The maximum atomic E-state index is 5.20. The van der Waals surface area contributed by atoms with E-state index < -0.39 is 0 Å². The van der Waals surface area contributed by atoms with Crippen molar-refractivity contribution < 1.29 is 4.74 Å². The number of aromatic nitrogens is 2. The van der Waals surface area contributed by atoms with Crippen molar-refractivity contribution in [2.45, 2.75) is 26.8 Å². The molecule has 0 amide bonds. The molecule has 0 bridgehead atoms. The molecule has 0 aliphatic carbocycles. The van der Waals surface area contributed by atoms with Crippen molar-refractivity contribution in [3.63, 3.8) is 0 Å². The second kappa shape index (κ2) is 5.69. The zero-order valence-electron chi connectivity index (χ0n) is 11.8. The molecule has 0 aliphatic heterocycles. The Balaban J connectivity index is 2.19. The summed E-state index contributed by atoms with van der Waals surface area (Å²) < 4.78 is 5.20. The van der Waals surface area contributed by atoms with Crippen LogP contribution in [0, 0.1) is 13.8 Å². The van der Waals surface area contributed by atoms with Crippen LogP contribution in [0.2, 0.25) is 0 Å². The van der Waals surface area contributed by atoms with Gasteiger partial charge in [0.15, 0.2) is 0 Å². The molecule has 1 N–H and O–H groups in total. The van der Waals surface area contributed by atoms with Crippen LogP contribution >= 0.6 is 0 Å². The Kier molecular flexibility index (Phi) is 4.00. The molecule has 0 spiro atoms. The number of aryl methyl sites for hydroxylation is 1. The van der Waals surface area contributed by atoms with Crippen LogP contribution in [0.1, 0.15) is 29.7 Å². The van der Waals surface area contributed by atoms with Gasteiger partial charge < -0.3 is 10.1 Å². The highest BCUT2D eigenvalue weighted by molar-refractivity contribution is 5.49. The number of nitrogens with one attached hydrogen (secondary N) is 1. The van der Waals surface area contributed by atoms with Crippen LogP contribution in [-0.2, 0) is 0 Å². The first kappa shape index (κ1) is 13.3. The Hall–Kier alpha value is -2.10. The molecule has 1 heterocycles. The van der Waals surface area contributed by atoms with E-state index >= 15 is 0 Å². The molecule has 0 aliphatic rings. The number of methoxy groups -OCH3 is 1. The number of rotatable bonds is 4. The molecule has 19 heavy (non-hydrogen) atoms. The predicted octanol–water partition coefficient (Wildman–Crippen LogP) is 3.28. The molecule has 1 unspecified atom stereocenters. The van der Waals surface area contributed by atoms with E-state index in [-0.39, 0.29) is 6.04 Å². The Morgan fingerprint density at radius 1 is 1.11 bits per heavy atom. The highest BCUT2D eigenvalue weighted by atomic mass is 16.5. The summed E-state index contributed by atoms with van der Waals surface area (Å²) in [6.07, 6.45) is 1.51. The lowest BCUT2D eigenvalue weighted by molar-refractivity contribution is 0.393. The van der Waals surface area contributed by atoms with Gasteiger partial charge in [-0.1, -0.05) is 29.8 Å². The van der Waals surface area contributed by atoms with E-state index in [2.05, 4.69) is 53.4 Å². The van der Waals surface area contributed by atoms with E-state index in [1.807, 2.05) is 6.92 Å². The van der Waals surface area contributed by atoms with Gasteiger partial charge in [-0.3, -0.25) is 0 Å². The summed E-state index contributed by atoms with van der Waals surface area (Å²) in [7, 11) is 1.61. The van der Waals surface area contributed by atoms with Gasteiger partial charge in [0.1, 0.15) is 12.1 Å². The summed E-state index contributed by atoms with van der Waals surface area (Å²) in [6, 6.07) is 8.66. The molecule has 1 atom stereocenters. The number of hydrogen-bond donors (Lipinski definition) is 1. The fourth-order valence-corrected chi connectivity index (χ4v) is 1.93. The predicted molar refractivity (Wildman–Crippen MR) is 76.5 cm³/mol. The van der Waals surface area contributed by atoms with Crippen molar-refractivity contribution in [3.05, 3.63) is 47.3 Å². The van der Waals surface area contributed by atoms with Gasteiger partial charge in [0.05, 0.1) is 12.7 Å². The van der Waals surface area contributed by atoms with Crippen molar-refractivity contribution in [1.29, 1.82) is 0 Å². The Morgan fingerprint density at radius 3 is 2.42 bits per heavy atom. The van der Waals surface area contributed by atoms with E-state index in [1.165, 1.54) is 17.5 Å². The molecule has 1 aromatic carbocycles. The first-order chi connectivity index (χ1) is 9.11. The molecule has 0 fully saturated rings. The topological polar surface area (TPSA) is 47.0 Å². The molecule has 4 nitrogen and oxygen atoms in total. The highest BCUT2D eigenvalue weighted by Gasteiger charge is 2.11. The van der Waals surface area contributed by atoms with Crippen LogP contribution in [0.15, 0.2) is 30.6 Å². The quantitative estimate of drug-likeness (QED) is 0.913. The minimum absolute atomic E-state index is 0.180. The smallest absolute Gasteiger partial charge is 0.221 e. The second-order valence-corrected chi connectivity index (χ2v) is 4.63. The summed E-state index contributed by atoms with van der Waals surface area (Å²) in [4.78, 5) is 8.34. The SMILES string of the molecule is COc1ncnc(NC(C)c2ccc(C)cc2)c1C. The maximum Gasteiger partial charge on any atom is 0.221 e. The van der Waals surface area contributed by atoms with Crippen LogP contribution < -0.4 is 10.1 Å². The third-order valence-corrected chi connectivity index (χ3v) is 3.16. The lowest BCUT2D eigenvalue weighted by atomic mass is 10.1. The zero-order valence-corrected chi connectivity index (χ0v) is 11.8. The molecule has 2 rings (SSSR count). The lowest BCUT2D eigenvalue weighted by Gasteiger charge is -2.17. The molecule has 0 saturated heterocycles. The third-order valence-electron chi connectivity index (χ3n) is 3.16. The van der Waals surface area contributed by atoms with E-state index in [9.17, 15) is 0 Å². The van der Waals surface area contributed by atoms with E-state index in [0.29, 0.717) is 5.88 Å². The minimum atomic E-state index is 0.180. The van der Waals surface area contributed by atoms with Crippen LogP contribution in [-0.4, -0.2) is 17.1 Å². The molecule has 0 saturated carbocycles. The summed E-state index contributed by atoms with van der Waals surface area (Å²) in [5.41, 5.74) is 3.40. The fraction of sp³-hybridized carbons (Fsp3) is 0.333. The second-order valence-electron chi connectivity index (χ2n) is 4.63. The van der Waals surface area contributed by atoms with Crippen molar-refractivity contribution in [2.75, 3.05) is 12.4 Å². The molecular weight excluding hydrogens is 238 g/mol. The van der Waals surface area contributed by atoms with Gasteiger partial charge in [0.2, 0.25) is 5.88 Å². The summed E-state index contributed by atoms with van der Waals surface area (Å²) in [5.74, 6) is 1.41. The Morgan fingerprint density at radius 2 is 1.79 bits per heavy atom. The average molecular weight is 257 g/mol. The minimum Gasteiger partial charge on any atom is -0.481 e. The van der Waals surface area contributed by atoms with Crippen molar-refractivity contribution in [2.24, 2.45) is 0 Å². The normalized spacial score (nSPS) is 12.0. The van der Waals surface area contributed by atoms with Crippen molar-refractivity contribution in [3.8, 4) is 5.88 Å². The molecule has 0 radical (unpaired) electrons. The lowest BCUT2D eigenvalue weighted by Crippen LogP contribution is -2.10. The van der Waals surface area contributed by atoms with Crippen LogP contribution in [0.25, 0.3) is 0 Å². The standard InChI is InChI=1S/C15H19N3O/c1-10-5-7-13(8-6-10)12(3)18-14-11(2)15(19-4)17-9-16-14/h5-9,12H,1-4H3,(H,16,17,18). The number of ether oxygens (including phenoxy) is 1. The van der Waals surface area contributed by atoms with Gasteiger partial charge in [-0.2, -0.15) is 0 Å². The van der Waals surface area contributed by atoms with E-state index in [4.69, 9.17) is 4.74 Å². The Labute approximate surface area is 113 Å². The molecule has 4 heteroatoms. The largest absolute Gasteiger partial charge is 0.481 e. The highest BCUT2D eigenvalue weighted by Crippen LogP contribution is 2.24. The van der Waals surface area contributed by atoms with Gasteiger partial charge in [-0.15, -0.1) is 0 Å². The van der Waals surface area contributed by atoms with Crippen molar-refractivity contribution >= 4 is 5.82 Å². The third kappa shape index (κ3) is 3.02. The van der Waals surface area contributed by atoms with Crippen LogP contribution in [0.4, 0.5) is 5.82 Å². The molecule has 1 aromatic heterocycles. The van der Waals surface area contributed by atoms with Gasteiger partial charge >= 0.3 is 0 Å². The maximum absolute atomic E-state index is 5.20. The van der Waals surface area contributed by atoms with Crippen molar-refractivity contribution in [1.82, 2.24) is 9.97 Å². The molecular formula is C15H19N3O. The Bertz CT molecular complexity index is 552. The summed E-state index contributed by atoms with van der Waals surface area (Å²) in [6.45, 7) is 6.14. The zero-order chi connectivity index (χ0) is 13.8. The average Bonchev–Trinajstić information content (AvgIpc) is 2.42. The van der Waals surface area contributed by atoms with E-state index in [1.54, 1.807) is 7.11 Å². The number of anilines is 1. The fourth-order valence-electron chi connectivity index (χ4n) is 1.93. The van der Waals surface area contributed by atoms with Gasteiger partial charge in [0.25, 0.3) is 0 Å². The summed E-state index contributed by atoms with van der Waals surface area (Å²) >= 11 is 0. The molecule has 2 aromatic rings. The van der Waals surface area contributed by atoms with Gasteiger partial charge in [-0.25, -0.2) is 9.97 Å².